The zero-order valence-corrected chi connectivity index (χ0v) is 23.2. The number of anilines is 1. The summed E-state index contributed by atoms with van der Waals surface area (Å²) in [5.41, 5.74) is 6.67. The first-order valence-corrected chi connectivity index (χ1v) is 14.2. The van der Waals surface area contributed by atoms with Crippen LogP contribution in [0.2, 0.25) is 0 Å². The summed E-state index contributed by atoms with van der Waals surface area (Å²) in [6.45, 7) is 9.07. The molecule has 6 nitrogen and oxygen atoms in total. The quantitative estimate of drug-likeness (QED) is 0.246. The van der Waals surface area contributed by atoms with E-state index < -0.39 is 5.97 Å². The maximum atomic E-state index is 13.3. The fraction of sp³-hybridized carbons (Fsp3) is 0.469. The largest absolute Gasteiger partial charge is 0.481 e. The van der Waals surface area contributed by atoms with Gasteiger partial charge in [-0.3, -0.25) is 9.59 Å². The molecular formula is C32H41N3O3. The molecule has 1 amide bonds. The Morgan fingerprint density at radius 2 is 1.84 bits per heavy atom. The van der Waals surface area contributed by atoms with Crippen molar-refractivity contribution in [2.45, 2.75) is 91.5 Å². The van der Waals surface area contributed by atoms with Gasteiger partial charge in [0, 0.05) is 23.5 Å². The van der Waals surface area contributed by atoms with Crippen LogP contribution in [0.15, 0.2) is 42.5 Å². The Labute approximate surface area is 226 Å². The highest BCUT2D eigenvalue weighted by Crippen LogP contribution is 2.41. The van der Waals surface area contributed by atoms with Crippen LogP contribution < -0.4 is 5.32 Å². The number of aromatic nitrogens is 2. The fourth-order valence-electron chi connectivity index (χ4n) is 5.84. The van der Waals surface area contributed by atoms with Crippen LogP contribution >= 0.6 is 0 Å². The Hall–Kier alpha value is -3.41. The number of benzene rings is 2. The van der Waals surface area contributed by atoms with Crippen molar-refractivity contribution >= 4 is 17.6 Å². The molecule has 1 aromatic heterocycles. The van der Waals surface area contributed by atoms with E-state index in [1.54, 1.807) is 0 Å². The Kier molecular flexibility index (Phi) is 9.03. The zero-order valence-electron chi connectivity index (χ0n) is 23.2. The summed E-state index contributed by atoms with van der Waals surface area (Å²) in [5, 5.41) is 12.7. The number of nitrogens with zero attached hydrogens (tertiary/aromatic N) is 2. The number of carbonyl (C=O) groups is 2. The van der Waals surface area contributed by atoms with E-state index in [4.69, 9.17) is 4.98 Å². The molecule has 2 unspecified atom stereocenters. The van der Waals surface area contributed by atoms with Crippen molar-refractivity contribution in [3.8, 4) is 11.4 Å². The molecule has 1 aliphatic carbocycles. The molecule has 3 aromatic rings. The van der Waals surface area contributed by atoms with Crippen molar-refractivity contribution in [3.63, 3.8) is 0 Å². The lowest BCUT2D eigenvalue weighted by Crippen LogP contribution is -2.19. The van der Waals surface area contributed by atoms with Gasteiger partial charge in [-0.25, -0.2) is 4.98 Å². The summed E-state index contributed by atoms with van der Waals surface area (Å²) >= 11 is 0. The normalized spacial score (nSPS) is 15.3. The maximum absolute atomic E-state index is 13.3. The number of carboxylic acids is 1. The Balaban J connectivity index is 1.64. The molecule has 6 heteroatoms. The van der Waals surface area contributed by atoms with E-state index in [-0.39, 0.29) is 17.7 Å². The average Bonchev–Trinajstić information content (AvgIpc) is 3.46. The standard InChI is InChI=1S/C32H41N3O3/c1-5-8-9-19-35-21(4)29(31(36)33-25-15-11-22(10-6-2)12-16-25)34-30(35)24-14-17-27-23(20-24)13-18-28(27)26(7-3)32(37)38/h11-12,14-17,20,26,28H,5-10,13,18-19H2,1-4H3,(H,33,36)(H,37,38). The minimum Gasteiger partial charge on any atom is -0.481 e. The minimum absolute atomic E-state index is 0.0534. The Bertz CT molecular complexity index is 1280. The summed E-state index contributed by atoms with van der Waals surface area (Å²) < 4.78 is 2.18. The van der Waals surface area contributed by atoms with Crippen LogP contribution in [0.1, 0.15) is 98.1 Å². The molecule has 2 N–H and O–H groups in total. The lowest BCUT2D eigenvalue weighted by atomic mass is 9.85. The molecule has 0 radical (unpaired) electrons. The number of carboxylic acid groups (broad SMARTS) is 1. The van der Waals surface area contributed by atoms with Crippen LogP contribution in [0.25, 0.3) is 11.4 Å². The molecule has 38 heavy (non-hydrogen) atoms. The Morgan fingerprint density at radius 3 is 2.50 bits per heavy atom. The third-order valence-corrected chi connectivity index (χ3v) is 7.94. The van der Waals surface area contributed by atoms with Crippen molar-refractivity contribution in [1.29, 1.82) is 0 Å². The highest BCUT2D eigenvalue weighted by molar-refractivity contribution is 6.04. The van der Waals surface area contributed by atoms with Crippen LogP contribution in [-0.4, -0.2) is 26.5 Å². The number of rotatable bonds is 12. The first-order chi connectivity index (χ1) is 18.4. The fourth-order valence-corrected chi connectivity index (χ4v) is 5.84. The summed E-state index contributed by atoms with van der Waals surface area (Å²) in [4.78, 5) is 30.0. The van der Waals surface area contributed by atoms with Gasteiger partial charge in [-0.15, -0.1) is 0 Å². The van der Waals surface area contributed by atoms with Crippen LogP contribution in [0, 0.1) is 12.8 Å². The number of aryl methyl sites for hydroxylation is 2. The number of hydrogen-bond donors (Lipinski definition) is 2. The van der Waals surface area contributed by atoms with Gasteiger partial charge in [0.05, 0.1) is 5.92 Å². The summed E-state index contributed by atoms with van der Waals surface area (Å²) in [6.07, 6.45) is 7.72. The van der Waals surface area contributed by atoms with E-state index in [1.165, 1.54) is 11.1 Å². The van der Waals surface area contributed by atoms with E-state index in [2.05, 4.69) is 54.1 Å². The van der Waals surface area contributed by atoms with Gasteiger partial charge in [-0.05, 0) is 79.8 Å². The second kappa shape index (κ2) is 12.4. The van der Waals surface area contributed by atoms with Crippen molar-refractivity contribution in [1.82, 2.24) is 9.55 Å². The molecule has 4 rings (SSSR count). The monoisotopic (exact) mass is 515 g/mol. The van der Waals surface area contributed by atoms with Gasteiger partial charge >= 0.3 is 5.97 Å². The second-order valence-electron chi connectivity index (χ2n) is 10.5. The molecule has 0 aliphatic heterocycles. The van der Waals surface area contributed by atoms with Gasteiger partial charge in [-0.1, -0.05) is 64.3 Å². The summed E-state index contributed by atoms with van der Waals surface area (Å²) in [7, 11) is 0. The van der Waals surface area contributed by atoms with E-state index in [0.717, 1.165) is 79.8 Å². The van der Waals surface area contributed by atoms with Crippen LogP contribution in [0.4, 0.5) is 5.69 Å². The third-order valence-electron chi connectivity index (χ3n) is 7.94. The molecule has 0 fully saturated rings. The highest BCUT2D eigenvalue weighted by atomic mass is 16.4. The van der Waals surface area contributed by atoms with Gasteiger partial charge in [0.15, 0.2) is 0 Å². The van der Waals surface area contributed by atoms with Gasteiger partial charge in [0.2, 0.25) is 0 Å². The SMILES string of the molecule is CCCCCn1c(-c2ccc3c(c2)CCC3C(CC)C(=O)O)nc(C(=O)Nc2ccc(CCC)cc2)c1C. The van der Waals surface area contributed by atoms with Gasteiger partial charge in [0.25, 0.3) is 5.91 Å². The number of imidazole rings is 1. The molecule has 1 aliphatic rings. The molecule has 202 valence electrons. The van der Waals surface area contributed by atoms with Crippen LogP contribution in [0.5, 0.6) is 0 Å². The number of aliphatic carboxylic acids is 1. The van der Waals surface area contributed by atoms with Crippen molar-refractivity contribution in [3.05, 3.63) is 70.5 Å². The molecule has 2 aromatic carbocycles. The molecular weight excluding hydrogens is 474 g/mol. The zero-order chi connectivity index (χ0) is 27.2. The average molecular weight is 516 g/mol. The maximum Gasteiger partial charge on any atom is 0.307 e. The predicted octanol–water partition coefficient (Wildman–Crippen LogP) is 7.39. The van der Waals surface area contributed by atoms with Gasteiger partial charge < -0.3 is 15.0 Å². The molecule has 0 bridgehead atoms. The smallest absolute Gasteiger partial charge is 0.307 e. The number of nitrogens with one attached hydrogen (secondary N) is 1. The van der Waals surface area contributed by atoms with E-state index in [9.17, 15) is 14.7 Å². The van der Waals surface area contributed by atoms with Crippen LogP contribution in [-0.2, 0) is 24.2 Å². The van der Waals surface area contributed by atoms with Crippen molar-refractivity contribution in [2.24, 2.45) is 5.92 Å². The molecule has 0 saturated heterocycles. The summed E-state index contributed by atoms with van der Waals surface area (Å²) in [5.74, 6) is -0.412. The minimum atomic E-state index is -0.716. The second-order valence-corrected chi connectivity index (χ2v) is 10.5. The molecule has 0 spiro atoms. The number of amides is 1. The first kappa shape index (κ1) is 27.6. The predicted molar refractivity (Wildman–Crippen MR) is 153 cm³/mol. The highest BCUT2D eigenvalue weighted by Gasteiger charge is 2.33. The number of fused-ring (bicyclic) bond motifs is 1. The third kappa shape index (κ3) is 5.85. The molecule has 0 saturated carbocycles. The van der Waals surface area contributed by atoms with E-state index >= 15 is 0 Å². The summed E-state index contributed by atoms with van der Waals surface area (Å²) in [6, 6.07) is 14.3. The van der Waals surface area contributed by atoms with Crippen molar-refractivity contribution < 1.29 is 14.7 Å². The van der Waals surface area contributed by atoms with Crippen LogP contribution in [0.3, 0.4) is 0 Å². The topological polar surface area (TPSA) is 84.2 Å². The molecule has 2 atom stereocenters. The lowest BCUT2D eigenvalue weighted by Gasteiger charge is -2.19. The number of carbonyl (C=O) groups excluding carboxylic acids is 1. The lowest BCUT2D eigenvalue weighted by molar-refractivity contribution is -0.142. The molecule has 1 heterocycles. The first-order valence-electron chi connectivity index (χ1n) is 14.2. The van der Waals surface area contributed by atoms with Crippen molar-refractivity contribution in [2.75, 3.05) is 5.32 Å². The van der Waals surface area contributed by atoms with E-state index in [1.807, 2.05) is 26.0 Å². The van der Waals surface area contributed by atoms with Gasteiger partial charge in [-0.2, -0.15) is 0 Å². The van der Waals surface area contributed by atoms with E-state index in [0.29, 0.717) is 12.1 Å². The Morgan fingerprint density at radius 1 is 1.08 bits per heavy atom. The number of hydrogen-bond acceptors (Lipinski definition) is 3. The van der Waals surface area contributed by atoms with Gasteiger partial charge in [0.1, 0.15) is 11.5 Å². The number of unbranched alkanes of at least 4 members (excludes halogenated alkanes) is 2.